The minimum absolute atomic E-state index is 0.244. The molecule has 3 rings (SSSR count). The molecule has 1 aromatic carbocycles. The van der Waals surface area contributed by atoms with Gasteiger partial charge in [-0.3, -0.25) is 9.20 Å². The van der Waals surface area contributed by atoms with Crippen LogP contribution in [0.15, 0.2) is 35.9 Å². The molecule has 22 heavy (non-hydrogen) atoms. The van der Waals surface area contributed by atoms with Crippen LogP contribution in [0.3, 0.4) is 0 Å². The summed E-state index contributed by atoms with van der Waals surface area (Å²) >= 11 is 13.4. The lowest BCUT2D eigenvalue weighted by Gasteiger charge is -2.06. The molecule has 2 aromatic heterocycles. The fourth-order valence-corrected chi connectivity index (χ4v) is 3.25. The van der Waals surface area contributed by atoms with Crippen LogP contribution in [0.25, 0.3) is 11.0 Å². The summed E-state index contributed by atoms with van der Waals surface area (Å²) in [6, 6.07) is 5.30. The van der Waals surface area contributed by atoms with Gasteiger partial charge in [0.1, 0.15) is 0 Å². The number of hydrogen-bond donors (Lipinski definition) is 1. The van der Waals surface area contributed by atoms with Crippen molar-refractivity contribution in [1.82, 2.24) is 9.38 Å². The quantitative estimate of drug-likeness (QED) is 0.697. The summed E-state index contributed by atoms with van der Waals surface area (Å²) in [5.41, 5.74) is 2.30. The molecule has 0 unspecified atom stereocenters. The molecule has 0 aliphatic heterocycles. The second-order valence-electron chi connectivity index (χ2n) is 4.63. The molecule has 0 bridgehead atoms. The van der Waals surface area contributed by atoms with Gasteiger partial charge >= 0.3 is 0 Å². The number of nitrogens with one attached hydrogen (secondary N) is 1. The number of aromatic nitrogens is 2. The maximum Gasteiger partial charge on any atom is 0.248 e. The summed E-state index contributed by atoms with van der Waals surface area (Å²) in [6.45, 7) is 1.88. The van der Waals surface area contributed by atoms with Crippen molar-refractivity contribution < 1.29 is 4.79 Å². The Balaban J connectivity index is 1.79. The second kappa shape index (κ2) is 6.12. The van der Waals surface area contributed by atoms with Gasteiger partial charge in [-0.2, -0.15) is 0 Å². The van der Waals surface area contributed by atoms with Crippen molar-refractivity contribution in [2.45, 2.75) is 6.92 Å². The van der Waals surface area contributed by atoms with Gasteiger partial charge in [0.15, 0.2) is 10.1 Å². The van der Waals surface area contributed by atoms with Gasteiger partial charge < -0.3 is 5.32 Å². The Morgan fingerprint density at radius 3 is 3.00 bits per heavy atom. The number of imidazole rings is 1. The van der Waals surface area contributed by atoms with Crippen LogP contribution in [0.5, 0.6) is 0 Å². The van der Waals surface area contributed by atoms with Gasteiger partial charge in [-0.1, -0.05) is 23.2 Å². The van der Waals surface area contributed by atoms with E-state index in [1.165, 1.54) is 17.4 Å². The molecular formula is C15H11Cl2N3OS. The highest BCUT2D eigenvalue weighted by Gasteiger charge is 2.09. The maximum absolute atomic E-state index is 12.0. The summed E-state index contributed by atoms with van der Waals surface area (Å²) in [7, 11) is 0. The Morgan fingerprint density at radius 1 is 1.41 bits per heavy atom. The van der Waals surface area contributed by atoms with Crippen LogP contribution in [0.2, 0.25) is 10.2 Å². The average Bonchev–Trinajstić information content (AvgIpc) is 3.00. The van der Waals surface area contributed by atoms with Crippen molar-refractivity contribution in [3.8, 4) is 0 Å². The monoisotopic (exact) mass is 351 g/mol. The molecule has 0 fully saturated rings. The number of nitrogens with zero attached hydrogens (tertiary/aromatic N) is 2. The molecule has 2 heterocycles. The van der Waals surface area contributed by atoms with Crippen molar-refractivity contribution in [3.05, 3.63) is 57.3 Å². The second-order valence-corrected chi connectivity index (χ2v) is 6.29. The van der Waals surface area contributed by atoms with Crippen LogP contribution in [-0.2, 0) is 4.79 Å². The molecular weight excluding hydrogens is 341 g/mol. The molecule has 1 amide bonds. The number of rotatable bonds is 3. The van der Waals surface area contributed by atoms with Crippen molar-refractivity contribution in [1.29, 1.82) is 0 Å². The summed E-state index contributed by atoms with van der Waals surface area (Å²) in [4.78, 5) is 17.0. The number of hydrogen-bond acceptors (Lipinski definition) is 3. The van der Waals surface area contributed by atoms with Gasteiger partial charge in [0, 0.05) is 28.4 Å². The molecule has 0 saturated heterocycles. The number of benzene rings is 1. The first kappa shape index (κ1) is 15.1. The van der Waals surface area contributed by atoms with Gasteiger partial charge in [-0.15, -0.1) is 11.3 Å². The van der Waals surface area contributed by atoms with E-state index in [-0.39, 0.29) is 5.91 Å². The van der Waals surface area contributed by atoms with Gasteiger partial charge in [-0.05, 0) is 36.8 Å². The third-order valence-electron chi connectivity index (χ3n) is 3.09. The van der Waals surface area contributed by atoms with Gasteiger partial charge in [0.05, 0.1) is 5.69 Å². The number of fused-ring (bicyclic) bond motifs is 1. The van der Waals surface area contributed by atoms with E-state index < -0.39 is 0 Å². The number of thiazole rings is 1. The summed E-state index contributed by atoms with van der Waals surface area (Å²) in [5.74, 6) is -0.244. The van der Waals surface area contributed by atoms with Gasteiger partial charge in [0.2, 0.25) is 5.91 Å². The number of anilines is 1. The minimum atomic E-state index is -0.244. The van der Waals surface area contributed by atoms with E-state index in [0.29, 0.717) is 15.9 Å². The lowest BCUT2D eigenvalue weighted by atomic mass is 10.2. The molecule has 0 saturated carbocycles. The van der Waals surface area contributed by atoms with Gasteiger partial charge in [-0.25, -0.2) is 4.98 Å². The lowest BCUT2D eigenvalue weighted by molar-refractivity contribution is -0.111. The zero-order chi connectivity index (χ0) is 15.7. The van der Waals surface area contributed by atoms with E-state index in [9.17, 15) is 4.79 Å². The molecule has 112 valence electrons. The molecule has 0 radical (unpaired) electrons. The third-order valence-corrected chi connectivity index (χ3v) is 4.36. The van der Waals surface area contributed by atoms with Crippen LogP contribution in [0.1, 0.15) is 11.3 Å². The highest BCUT2D eigenvalue weighted by atomic mass is 35.5. The largest absolute Gasteiger partial charge is 0.322 e. The van der Waals surface area contributed by atoms with E-state index in [4.69, 9.17) is 23.2 Å². The van der Waals surface area contributed by atoms with Crippen LogP contribution < -0.4 is 5.32 Å². The normalized spacial score (nSPS) is 11.4. The molecule has 7 heteroatoms. The maximum atomic E-state index is 12.0. The molecule has 0 atom stereocenters. The third kappa shape index (κ3) is 3.02. The summed E-state index contributed by atoms with van der Waals surface area (Å²) < 4.78 is 1.84. The fourth-order valence-electron chi connectivity index (χ4n) is 2.02. The van der Waals surface area contributed by atoms with Crippen LogP contribution >= 0.6 is 34.5 Å². The van der Waals surface area contributed by atoms with Gasteiger partial charge in [0.25, 0.3) is 0 Å². The van der Waals surface area contributed by atoms with Crippen molar-refractivity contribution in [2.75, 3.05) is 5.32 Å². The lowest BCUT2D eigenvalue weighted by Crippen LogP contribution is -2.08. The predicted molar refractivity (Wildman–Crippen MR) is 91.9 cm³/mol. The standard InChI is InChI=1S/C15H11Cl2N3OS/c1-9-8-10(16)2-3-11(9)18-13(21)5-4-12-14(17)19-15-20(12)6-7-22-15/h2-8H,1H3,(H,18,21)/b5-4+. The average molecular weight is 352 g/mol. The Labute approximate surface area is 141 Å². The number of carbonyl (C=O) groups is 1. The predicted octanol–water partition coefficient (Wildman–Crippen LogP) is 4.66. The Bertz CT molecular complexity index is 882. The number of halogens is 2. The van der Waals surface area contributed by atoms with E-state index in [2.05, 4.69) is 10.3 Å². The SMILES string of the molecule is Cc1cc(Cl)ccc1NC(=O)/C=C/c1c(Cl)nc2sccn12. The molecule has 4 nitrogen and oxygen atoms in total. The molecule has 0 spiro atoms. The topological polar surface area (TPSA) is 46.4 Å². The molecule has 0 aliphatic rings. The van der Waals surface area contributed by atoms with Crippen molar-refractivity contribution in [3.63, 3.8) is 0 Å². The number of carbonyl (C=O) groups excluding carboxylic acids is 1. The fraction of sp³-hybridized carbons (Fsp3) is 0.0667. The highest BCUT2D eigenvalue weighted by molar-refractivity contribution is 7.15. The first-order valence-electron chi connectivity index (χ1n) is 6.41. The highest BCUT2D eigenvalue weighted by Crippen LogP contribution is 2.23. The Hall–Kier alpha value is -1.82. The number of aryl methyl sites for hydroxylation is 1. The van der Waals surface area contributed by atoms with Crippen LogP contribution in [0, 0.1) is 6.92 Å². The van der Waals surface area contributed by atoms with Crippen LogP contribution in [-0.4, -0.2) is 15.3 Å². The summed E-state index contributed by atoms with van der Waals surface area (Å²) in [6.07, 6.45) is 4.94. The van der Waals surface area contributed by atoms with Crippen molar-refractivity contribution >= 4 is 57.2 Å². The smallest absolute Gasteiger partial charge is 0.248 e. The summed E-state index contributed by atoms with van der Waals surface area (Å²) in [5, 5.41) is 5.73. The zero-order valence-corrected chi connectivity index (χ0v) is 13.8. The van der Waals surface area contributed by atoms with E-state index in [0.717, 1.165) is 16.2 Å². The van der Waals surface area contributed by atoms with E-state index in [1.54, 1.807) is 24.3 Å². The molecule has 3 aromatic rings. The van der Waals surface area contributed by atoms with E-state index >= 15 is 0 Å². The number of amides is 1. The van der Waals surface area contributed by atoms with E-state index in [1.807, 2.05) is 22.9 Å². The Kier molecular flexibility index (Phi) is 4.20. The molecule has 0 aliphatic carbocycles. The Morgan fingerprint density at radius 2 is 2.23 bits per heavy atom. The molecule has 1 N–H and O–H groups in total. The first-order valence-corrected chi connectivity index (χ1v) is 8.04. The first-order chi connectivity index (χ1) is 10.5. The van der Waals surface area contributed by atoms with Crippen LogP contribution in [0.4, 0.5) is 5.69 Å². The van der Waals surface area contributed by atoms with Crippen molar-refractivity contribution in [2.24, 2.45) is 0 Å². The minimum Gasteiger partial charge on any atom is -0.322 e. The zero-order valence-electron chi connectivity index (χ0n) is 11.5.